The van der Waals surface area contributed by atoms with Crippen LogP contribution in [0.5, 0.6) is 0 Å². The first-order valence-electron chi connectivity index (χ1n) is 4.70. The van der Waals surface area contributed by atoms with Crippen molar-refractivity contribution in [2.75, 3.05) is 0 Å². The fourth-order valence-corrected chi connectivity index (χ4v) is 2.90. The monoisotopic (exact) mass is 159 g/mol. The zero-order valence-corrected chi connectivity index (χ0v) is 7.03. The van der Waals surface area contributed by atoms with E-state index < -0.39 is 0 Å². The summed E-state index contributed by atoms with van der Waals surface area (Å²) in [5.41, 5.74) is 9.14. The highest BCUT2D eigenvalue weighted by atomic mass is 14.7. The fraction of sp³-hybridized carbons (Fsp3) is 0.455. The first kappa shape index (κ1) is 6.67. The summed E-state index contributed by atoms with van der Waals surface area (Å²) in [5.74, 6) is 1.45. The van der Waals surface area contributed by atoms with Gasteiger partial charge < -0.3 is 5.73 Å². The molecule has 0 spiro atoms. The number of rotatable bonds is 0. The van der Waals surface area contributed by atoms with Crippen LogP contribution in [0.1, 0.15) is 35.8 Å². The van der Waals surface area contributed by atoms with E-state index in [1.165, 1.54) is 18.4 Å². The molecule has 1 nitrogen and oxygen atoms in total. The van der Waals surface area contributed by atoms with E-state index >= 15 is 0 Å². The molecule has 1 aromatic rings. The van der Waals surface area contributed by atoms with Crippen molar-refractivity contribution in [1.29, 1.82) is 0 Å². The summed E-state index contributed by atoms with van der Waals surface area (Å²) >= 11 is 0. The SMILES string of the molecule is N[C@H]1C[C@@H]2C[C@H]1c1ccccc12. The summed E-state index contributed by atoms with van der Waals surface area (Å²) in [6.45, 7) is 0. The first-order chi connectivity index (χ1) is 5.86. The average Bonchev–Trinajstić information content (AvgIpc) is 2.62. The highest BCUT2D eigenvalue weighted by Gasteiger charge is 2.41. The van der Waals surface area contributed by atoms with Crippen molar-refractivity contribution in [3.05, 3.63) is 35.4 Å². The van der Waals surface area contributed by atoms with E-state index in [0.29, 0.717) is 12.0 Å². The van der Waals surface area contributed by atoms with Crippen molar-refractivity contribution in [2.24, 2.45) is 5.73 Å². The second-order valence-electron chi connectivity index (χ2n) is 4.07. The lowest BCUT2D eigenvalue weighted by Gasteiger charge is -2.20. The predicted molar refractivity (Wildman–Crippen MR) is 49.1 cm³/mol. The van der Waals surface area contributed by atoms with Gasteiger partial charge in [-0.05, 0) is 35.8 Å². The van der Waals surface area contributed by atoms with Crippen molar-refractivity contribution in [1.82, 2.24) is 0 Å². The van der Waals surface area contributed by atoms with Crippen LogP contribution < -0.4 is 5.73 Å². The minimum absolute atomic E-state index is 0.435. The second-order valence-corrected chi connectivity index (χ2v) is 4.07. The number of hydrogen-bond acceptors (Lipinski definition) is 1. The lowest BCUT2D eigenvalue weighted by Crippen LogP contribution is -2.25. The molecule has 2 aliphatic carbocycles. The maximum Gasteiger partial charge on any atom is 0.0114 e. The normalized spacial score (nSPS) is 36.9. The first-order valence-corrected chi connectivity index (χ1v) is 4.70. The van der Waals surface area contributed by atoms with Crippen molar-refractivity contribution in [2.45, 2.75) is 30.7 Å². The van der Waals surface area contributed by atoms with Crippen LogP contribution in [0.2, 0.25) is 0 Å². The van der Waals surface area contributed by atoms with Crippen LogP contribution in [0, 0.1) is 0 Å². The Hall–Kier alpha value is -0.820. The number of benzene rings is 1. The highest BCUT2D eigenvalue weighted by Crippen LogP contribution is 2.51. The maximum absolute atomic E-state index is 6.03. The molecule has 1 fully saturated rings. The van der Waals surface area contributed by atoms with Gasteiger partial charge in [0.15, 0.2) is 0 Å². The zero-order valence-electron chi connectivity index (χ0n) is 7.03. The van der Waals surface area contributed by atoms with Crippen LogP contribution in [-0.4, -0.2) is 6.04 Å². The van der Waals surface area contributed by atoms with E-state index in [2.05, 4.69) is 24.3 Å². The van der Waals surface area contributed by atoms with Gasteiger partial charge in [-0.1, -0.05) is 24.3 Å². The smallest absolute Gasteiger partial charge is 0.0114 e. The topological polar surface area (TPSA) is 26.0 Å². The molecule has 1 heteroatoms. The Balaban J connectivity index is 2.17. The Morgan fingerprint density at radius 3 is 2.67 bits per heavy atom. The molecule has 2 N–H and O–H groups in total. The van der Waals surface area contributed by atoms with Gasteiger partial charge >= 0.3 is 0 Å². The predicted octanol–water partition coefficient (Wildman–Crippen LogP) is 1.99. The molecule has 0 saturated heterocycles. The molecule has 12 heavy (non-hydrogen) atoms. The van der Waals surface area contributed by atoms with Crippen molar-refractivity contribution >= 4 is 0 Å². The van der Waals surface area contributed by atoms with Gasteiger partial charge in [-0.25, -0.2) is 0 Å². The van der Waals surface area contributed by atoms with Crippen molar-refractivity contribution in [3.63, 3.8) is 0 Å². The lowest BCUT2D eigenvalue weighted by atomic mass is 9.89. The maximum atomic E-state index is 6.03. The third kappa shape index (κ3) is 0.674. The Labute approximate surface area is 72.6 Å². The van der Waals surface area contributed by atoms with Gasteiger partial charge in [0.2, 0.25) is 0 Å². The molecule has 0 aromatic heterocycles. The van der Waals surface area contributed by atoms with Gasteiger partial charge in [-0.2, -0.15) is 0 Å². The summed E-state index contributed by atoms with van der Waals surface area (Å²) in [6, 6.07) is 9.23. The summed E-state index contributed by atoms with van der Waals surface area (Å²) in [6.07, 6.45) is 2.52. The number of hydrogen-bond donors (Lipinski definition) is 1. The van der Waals surface area contributed by atoms with Crippen LogP contribution >= 0.6 is 0 Å². The molecule has 3 rings (SSSR count). The molecule has 3 atom stereocenters. The molecular weight excluding hydrogens is 146 g/mol. The molecule has 1 saturated carbocycles. The molecule has 0 unspecified atom stereocenters. The average molecular weight is 159 g/mol. The molecule has 0 radical (unpaired) electrons. The van der Waals surface area contributed by atoms with E-state index in [1.807, 2.05) is 0 Å². The van der Waals surface area contributed by atoms with Crippen LogP contribution in [0.4, 0.5) is 0 Å². The largest absolute Gasteiger partial charge is 0.327 e. The molecule has 0 amide bonds. The third-order valence-corrected chi connectivity index (χ3v) is 3.45. The summed E-state index contributed by atoms with van der Waals surface area (Å²) < 4.78 is 0. The number of fused-ring (bicyclic) bond motifs is 5. The van der Waals surface area contributed by atoms with Gasteiger partial charge in [0.1, 0.15) is 0 Å². The minimum Gasteiger partial charge on any atom is -0.327 e. The van der Waals surface area contributed by atoms with E-state index in [4.69, 9.17) is 5.73 Å². The zero-order chi connectivity index (χ0) is 8.13. The van der Waals surface area contributed by atoms with E-state index in [1.54, 1.807) is 5.56 Å². The summed E-state index contributed by atoms with van der Waals surface area (Å²) in [4.78, 5) is 0. The molecule has 1 aromatic carbocycles. The summed E-state index contributed by atoms with van der Waals surface area (Å²) in [5, 5.41) is 0. The van der Waals surface area contributed by atoms with E-state index in [-0.39, 0.29) is 0 Å². The van der Waals surface area contributed by atoms with E-state index in [0.717, 1.165) is 5.92 Å². The molecule has 0 aliphatic heterocycles. The highest BCUT2D eigenvalue weighted by molar-refractivity contribution is 5.42. The standard InChI is InChI=1S/C11H13N/c12-11-6-7-5-10(11)9-4-2-1-3-8(7)9/h1-4,7,10-11H,5-6,12H2/t7-,10-,11-/m0/s1. The Morgan fingerprint density at radius 2 is 1.83 bits per heavy atom. The van der Waals surface area contributed by atoms with Crippen molar-refractivity contribution in [3.8, 4) is 0 Å². The summed E-state index contributed by atoms with van der Waals surface area (Å²) in [7, 11) is 0. The van der Waals surface area contributed by atoms with Gasteiger partial charge in [0, 0.05) is 6.04 Å². The molecule has 2 bridgehead atoms. The lowest BCUT2D eigenvalue weighted by molar-refractivity contribution is 0.595. The Bertz CT molecular complexity index is 319. The van der Waals surface area contributed by atoms with Gasteiger partial charge in [-0.15, -0.1) is 0 Å². The van der Waals surface area contributed by atoms with Crippen LogP contribution in [0.3, 0.4) is 0 Å². The Kier molecular flexibility index (Phi) is 1.17. The van der Waals surface area contributed by atoms with Gasteiger partial charge in [0.25, 0.3) is 0 Å². The molecule has 62 valence electrons. The third-order valence-electron chi connectivity index (χ3n) is 3.45. The quantitative estimate of drug-likeness (QED) is 0.615. The number of nitrogens with two attached hydrogens (primary N) is 1. The molecule has 2 aliphatic rings. The minimum atomic E-state index is 0.435. The van der Waals surface area contributed by atoms with Gasteiger partial charge in [0.05, 0.1) is 0 Å². The van der Waals surface area contributed by atoms with Crippen LogP contribution in [0.25, 0.3) is 0 Å². The second kappa shape index (κ2) is 2.11. The van der Waals surface area contributed by atoms with Crippen LogP contribution in [-0.2, 0) is 0 Å². The van der Waals surface area contributed by atoms with Gasteiger partial charge in [-0.3, -0.25) is 0 Å². The fourth-order valence-electron chi connectivity index (χ4n) is 2.90. The molecule has 0 heterocycles. The Morgan fingerprint density at radius 1 is 1.08 bits per heavy atom. The van der Waals surface area contributed by atoms with Crippen LogP contribution in [0.15, 0.2) is 24.3 Å². The molecular formula is C11H13N. The van der Waals surface area contributed by atoms with E-state index in [9.17, 15) is 0 Å². The van der Waals surface area contributed by atoms with Crippen molar-refractivity contribution < 1.29 is 0 Å².